The molecule has 1 unspecified atom stereocenters. The zero-order valence-corrected chi connectivity index (χ0v) is 22.9. The number of pyridine rings is 2. The van der Waals surface area contributed by atoms with Crippen LogP contribution in [0.25, 0.3) is 16.8 Å². The number of likely N-dealkylation sites (tertiary alicyclic amines) is 1. The summed E-state index contributed by atoms with van der Waals surface area (Å²) < 4.78 is 29.5. The number of urea groups is 1. The minimum atomic E-state index is -3.76. The van der Waals surface area contributed by atoms with Crippen molar-refractivity contribution in [1.82, 2.24) is 39.4 Å². The molecule has 13 nitrogen and oxygen atoms in total. The van der Waals surface area contributed by atoms with Gasteiger partial charge in [-0.1, -0.05) is 0 Å². The molecular weight excluding hydrogens is 510 g/mol. The molecule has 4 heterocycles. The van der Waals surface area contributed by atoms with E-state index in [1.54, 1.807) is 50.2 Å². The topological polar surface area (TPSA) is 154 Å². The maximum absolute atomic E-state index is 12.7. The number of amides is 3. The van der Waals surface area contributed by atoms with E-state index in [-0.39, 0.29) is 23.3 Å². The zero-order valence-electron chi connectivity index (χ0n) is 22.1. The van der Waals surface area contributed by atoms with E-state index < -0.39 is 21.6 Å². The van der Waals surface area contributed by atoms with Crippen molar-refractivity contribution < 1.29 is 18.0 Å². The number of rotatable bonds is 7. The first-order valence-electron chi connectivity index (χ1n) is 12.2. The molecule has 3 N–H and O–H groups in total. The summed E-state index contributed by atoms with van der Waals surface area (Å²) >= 11 is 0. The molecule has 0 aromatic carbocycles. The SMILES string of the molecule is CN(C)C1CCN(C(=O)CNC(=O)Nc2nc3ccc(-c4cncc(S(=O)(=O)NC(C)(C)C)c4)cn3n2)C1. The number of sulfonamides is 1. The summed E-state index contributed by atoms with van der Waals surface area (Å²) in [5, 5.41) is 9.37. The fourth-order valence-electron chi connectivity index (χ4n) is 4.10. The molecule has 38 heavy (non-hydrogen) atoms. The molecule has 3 amide bonds. The normalized spacial score (nSPS) is 16.3. The minimum Gasteiger partial charge on any atom is -0.340 e. The Bertz CT molecular complexity index is 1450. The maximum atomic E-state index is 12.7. The molecule has 0 spiro atoms. The van der Waals surface area contributed by atoms with Crippen molar-refractivity contribution >= 4 is 33.6 Å². The van der Waals surface area contributed by atoms with E-state index in [0.717, 1.165) is 6.42 Å². The molecule has 4 rings (SSSR count). The number of carbonyl (C=O) groups excluding carboxylic acids is 2. The Balaban J connectivity index is 1.41. The van der Waals surface area contributed by atoms with Crippen LogP contribution in [0.2, 0.25) is 0 Å². The lowest BCUT2D eigenvalue weighted by Gasteiger charge is -2.20. The number of likely N-dealkylation sites (N-methyl/N-ethyl adjacent to an activating group) is 1. The van der Waals surface area contributed by atoms with Crippen LogP contribution in [0, 0.1) is 0 Å². The van der Waals surface area contributed by atoms with Gasteiger partial charge in [0.1, 0.15) is 4.90 Å². The summed E-state index contributed by atoms with van der Waals surface area (Å²) in [5.41, 5.74) is 1.06. The van der Waals surface area contributed by atoms with E-state index in [2.05, 4.69) is 35.3 Å². The Morgan fingerprint density at radius 3 is 2.61 bits per heavy atom. The Morgan fingerprint density at radius 2 is 1.92 bits per heavy atom. The van der Waals surface area contributed by atoms with Gasteiger partial charge >= 0.3 is 6.03 Å². The molecule has 1 atom stereocenters. The highest BCUT2D eigenvalue weighted by Gasteiger charge is 2.27. The van der Waals surface area contributed by atoms with Crippen molar-refractivity contribution in [3.8, 4) is 11.1 Å². The molecule has 1 fully saturated rings. The molecule has 14 heteroatoms. The predicted octanol–water partition coefficient (Wildman–Crippen LogP) is 1.15. The van der Waals surface area contributed by atoms with Crippen molar-refractivity contribution in [3.05, 3.63) is 36.8 Å². The number of carbonyl (C=O) groups is 2. The number of nitrogens with one attached hydrogen (secondary N) is 3. The van der Waals surface area contributed by atoms with Crippen LogP contribution >= 0.6 is 0 Å². The Kier molecular flexibility index (Phi) is 7.67. The fraction of sp³-hybridized carbons (Fsp3) is 0.458. The monoisotopic (exact) mass is 543 g/mol. The summed E-state index contributed by atoms with van der Waals surface area (Å²) in [4.78, 5) is 37.0. The summed E-state index contributed by atoms with van der Waals surface area (Å²) in [6, 6.07) is 4.71. The van der Waals surface area contributed by atoms with Gasteiger partial charge in [0.25, 0.3) is 5.95 Å². The number of nitrogens with zero attached hydrogens (tertiary/aromatic N) is 6. The van der Waals surface area contributed by atoms with Crippen molar-refractivity contribution in [2.45, 2.75) is 43.7 Å². The Labute approximate surface area is 221 Å². The van der Waals surface area contributed by atoms with Crippen LogP contribution in [0.5, 0.6) is 0 Å². The molecule has 0 saturated carbocycles. The number of aromatic nitrogens is 4. The molecule has 0 aliphatic carbocycles. The van der Waals surface area contributed by atoms with Gasteiger partial charge in [-0.3, -0.25) is 15.1 Å². The van der Waals surface area contributed by atoms with Crippen LogP contribution in [-0.2, 0) is 14.8 Å². The van der Waals surface area contributed by atoms with E-state index in [0.29, 0.717) is 35.9 Å². The third-order valence-corrected chi connectivity index (χ3v) is 7.73. The lowest BCUT2D eigenvalue weighted by Crippen LogP contribution is -2.42. The molecule has 0 bridgehead atoms. The molecule has 0 radical (unpaired) electrons. The molecular formula is C24H33N9O4S. The summed E-state index contributed by atoms with van der Waals surface area (Å²) in [7, 11) is 0.216. The number of anilines is 1. The van der Waals surface area contributed by atoms with E-state index in [9.17, 15) is 18.0 Å². The van der Waals surface area contributed by atoms with Crippen molar-refractivity contribution in [2.75, 3.05) is 39.0 Å². The predicted molar refractivity (Wildman–Crippen MR) is 142 cm³/mol. The molecule has 3 aromatic rings. The minimum absolute atomic E-state index is 0.0448. The average Bonchev–Trinajstić information content (AvgIpc) is 3.48. The number of hydrogen-bond donors (Lipinski definition) is 3. The fourth-order valence-corrected chi connectivity index (χ4v) is 5.50. The van der Waals surface area contributed by atoms with Gasteiger partial charge in [0.2, 0.25) is 15.9 Å². The first kappa shape index (κ1) is 27.4. The standard InChI is InChI=1S/C24H33N9O4S/c1-24(2,3)30-38(36,37)19-10-17(11-25-12-19)16-6-7-20-27-22(29-33(20)14-16)28-23(35)26-13-21(34)32-9-8-18(15-32)31(4)5/h6-7,10-12,14,18,30H,8-9,13,15H2,1-5H3,(H2,26,28,29,35). The first-order chi connectivity index (χ1) is 17.8. The maximum Gasteiger partial charge on any atom is 0.322 e. The number of fused-ring (bicyclic) bond motifs is 1. The molecule has 1 aliphatic heterocycles. The second-order valence-corrected chi connectivity index (χ2v) is 12.2. The van der Waals surface area contributed by atoms with Gasteiger partial charge in [0, 0.05) is 54.4 Å². The third-order valence-electron chi connectivity index (χ3n) is 6.00. The molecule has 1 saturated heterocycles. The van der Waals surface area contributed by atoms with Crippen molar-refractivity contribution in [1.29, 1.82) is 0 Å². The lowest BCUT2D eigenvalue weighted by atomic mass is 10.1. The highest BCUT2D eigenvalue weighted by molar-refractivity contribution is 7.89. The van der Waals surface area contributed by atoms with E-state index in [4.69, 9.17) is 0 Å². The van der Waals surface area contributed by atoms with Gasteiger partial charge in [-0.05, 0) is 59.5 Å². The van der Waals surface area contributed by atoms with E-state index in [1.807, 2.05) is 14.1 Å². The first-order valence-corrected chi connectivity index (χ1v) is 13.6. The quantitative estimate of drug-likeness (QED) is 0.401. The Morgan fingerprint density at radius 1 is 1.16 bits per heavy atom. The number of hydrogen-bond acceptors (Lipinski definition) is 8. The molecule has 204 valence electrons. The highest BCUT2D eigenvalue weighted by atomic mass is 32.2. The van der Waals surface area contributed by atoms with Gasteiger partial charge in [-0.2, -0.15) is 4.98 Å². The molecule has 1 aliphatic rings. The third kappa shape index (κ3) is 6.62. The van der Waals surface area contributed by atoms with Crippen LogP contribution in [0.4, 0.5) is 10.7 Å². The van der Waals surface area contributed by atoms with Gasteiger partial charge in [-0.25, -0.2) is 22.4 Å². The highest BCUT2D eigenvalue weighted by Crippen LogP contribution is 2.23. The largest absolute Gasteiger partial charge is 0.340 e. The zero-order chi connectivity index (χ0) is 27.7. The summed E-state index contributed by atoms with van der Waals surface area (Å²) in [5.74, 6) is -0.0857. The van der Waals surface area contributed by atoms with Gasteiger partial charge < -0.3 is 15.1 Å². The van der Waals surface area contributed by atoms with E-state index >= 15 is 0 Å². The van der Waals surface area contributed by atoms with Gasteiger partial charge in [0.15, 0.2) is 5.65 Å². The second kappa shape index (κ2) is 10.6. The van der Waals surface area contributed by atoms with Crippen molar-refractivity contribution in [2.24, 2.45) is 0 Å². The summed E-state index contributed by atoms with van der Waals surface area (Å²) in [6.45, 7) is 6.47. The van der Waals surface area contributed by atoms with Crippen LogP contribution in [0.1, 0.15) is 27.2 Å². The Hall–Kier alpha value is -3.62. The van der Waals surface area contributed by atoms with E-state index in [1.165, 1.54) is 16.8 Å². The van der Waals surface area contributed by atoms with Crippen molar-refractivity contribution in [3.63, 3.8) is 0 Å². The van der Waals surface area contributed by atoms with Gasteiger partial charge in [-0.15, -0.1) is 5.10 Å². The van der Waals surface area contributed by atoms with Crippen LogP contribution in [-0.4, -0.2) is 95.0 Å². The van der Waals surface area contributed by atoms with Crippen LogP contribution in [0.15, 0.2) is 41.7 Å². The average molecular weight is 544 g/mol. The lowest BCUT2D eigenvalue weighted by molar-refractivity contribution is -0.129. The van der Waals surface area contributed by atoms with Crippen LogP contribution < -0.4 is 15.4 Å². The second-order valence-electron chi connectivity index (χ2n) is 10.5. The molecule has 3 aromatic heterocycles. The smallest absolute Gasteiger partial charge is 0.322 e. The van der Waals surface area contributed by atoms with Crippen LogP contribution in [0.3, 0.4) is 0 Å². The summed E-state index contributed by atoms with van der Waals surface area (Å²) in [6.07, 6.45) is 5.41. The van der Waals surface area contributed by atoms with Gasteiger partial charge in [0.05, 0.1) is 6.54 Å².